The van der Waals surface area contributed by atoms with Gasteiger partial charge in [-0.15, -0.1) is 0 Å². The fourth-order valence-electron chi connectivity index (χ4n) is 2.46. The summed E-state index contributed by atoms with van der Waals surface area (Å²) < 4.78 is 28.8. The normalized spacial score (nSPS) is 13.2. The molecule has 0 aromatic heterocycles. The van der Waals surface area contributed by atoms with E-state index in [1.165, 1.54) is 49.4 Å². The van der Waals surface area contributed by atoms with E-state index >= 15 is 0 Å². The van der Waals surface area contributed by atoms with Crippen LogP contribution in [-0.4, -0.2) is 29.7 Å². The van der Waals surface area contributed by atoms with Crippen molar-refractivity contribution in [2.24, 2.45) is 0 Å². The lowest BCUT2D eigenvalue weighted by Crippen LogP contribution is -2.29. The van der Waals surface area contributed by atoms with Gasteiger partial charge in [0.1, 0.15) is 5.82 Å². The SMILES string of the molecule is C[C@H](OC(=O)/C=C/c1cc2c(cc1[N+](=O)[O-])OCO2)C(=O)Nc1ccccc1F. The summed E-state index contributed by atoms with van der Waals surface area (Å²) in [6.07, 6.45) is 0.889. The number of hydrogen-bond donors (Lipinski definition) is 1. The lowest BCUT2D eigenvalue weighted by Gasteiger charge is -2.12. The summed E-state index contributed by atoms with van der Waals surface area (Å²) in [7, 11) is 0. The molecule has 0 fully saturated rings. The maximum Gasteiger partial charge on any atom is 0.331 e. The summed E-state index contributed by atoms with van der Waals surface area (Å²) in [5.41, 5.74) is -0.241. The van der Waals surface area contributed by atoms with Gasteiger partial charge in [0.2, 0.25) is 6.79 Å². The molecule has 29 heavy (non-hydrogen) atoms. The van der Waals surface area contributed by atoms with E-state index in [1.54, 1.807) is 0 Å². The number of anilines is 1. The average molecular weight is 402 g/mol. The fourth-order valence-corrected chi connectivity index (χ4v) is 2.46. The average Bonchev–Trinajstić information content (AvgIpc) is 3.14. The number of hydrogen-bond acceptors (Lipinski definition) is 7. The number of carbonyl (C=O) groups is 2. The molecule has 3 rings (SSSR count). The van der Waals surface area contributed by atoms with E-state index in [9.17, 15) is 24.1 Å². The van der Waals surface area contributed by atoms with Crippen molar-refractivity contribution in [2.75, 3.05) is 12.1 Å². The number of nitro groups is 1. The number of carbonyl (C=O) groups excluding carboxylic acids is 2. The number of nitrogens with one attached hydrogen (secondary N) is 1. The zero-order valence-electron chi connectivity index (χ0n) is 15.1. The fraction of sp³-hybridized carbons (Fsp3) is 0.158. The van der Waals surface area contributed by atoms with Crippen molar-refractivity contribution in [2.45, 2.75) is 13.0 Å². The Morgan fingerprint density at radius 2 is 1.97 bits per heavy atom. The van der Waals surface area contributed by atoms with E-state index in [2.05, 4.69) is 5.32 Å². The summed E-state index contributed by atoms with van der Waals surface area (Å²) in [5.74, 6) is -1.73. The first-order chi connectivity index (χ1) is 13.8. The molecule has 1 atom stereocenters. The predicted molar refractivity (Wildman–Crippen MR) is 98.8 cm³/mol. The lowest BCUT2D eigenvalue weighted by atomic mass is 10.1. The minimum Gasteiger partial charge on any atom is -0.454 e. The van der Waals surface area contributed by atoms with Crippen LogP contribution in [0, 0.1) is 15.9 Å². The summed E-state index contributed by atoms with van der Waals surface area (Å²) in [6.45, 7) is 1.25. The quantitative estimate of drug-likeness (QED) is 0.342. The zero-order chi connectivity index (χ0) is 21.0. The highest BCUT2D eigenvalue weighted by Crippen LogP contribution is 2.38. The molecule has 1 amide bonds. The van der Waals surface area contributed by atoms with Crippen LogP contribution in [0.2, 0.25) is 0 Å². The highest BCUT2D eigenvalue weighted by molar-refractivity contribution is 5.96. The Kier molecular flexibility index (Phi) is 5.72. The number of benzene rings is 2. The summed E-state index contributed by atoms with van der Waals surface area (Å²) in [4.78, 5) is 34.6. The van der Waals surface area contributed by atoms with Gasteiger partial charge in [0.15, 0.2) is 17.6 Å². The number of ether oxygens (including phenoxy) is 3. The number of halogens is 1. The maximum atomic E-state index is 13.6. The molecular formula is C19H15FN2O7. The number of nitro benzene ring substituents is 1. The van der Waals surface area contributed by atoms with Crippen LogP contribution in [0.4, 0.5) is 15.8 Å². The van der Waals surface area contributed by atoms with Gasteiger partial charge in [-0.1, -0.05) is 12.1 Å². The standard InChI is InChI=1S/C19H15FN2O7/c1-11(19(24)21-14-5-3-2-4-13(14)20)29-18(23)7-6-12-8-16-17(28-10-27-16)9-15(12)22(25)26/h2-9,11H,10H2,1H3,(H,21,24)/b7-6+/t11-/m0/s1. The molecule has 2 aromatic rings. The molecule has 0 saturated carbocycles. The molecule has 0 spiro atoms. The Balaban J connectivity index is 1.66. The van der Waals surface area contributed by atoms with Crippen molar-refractivity contribution in [1.82, 2.24) is 0 Å². The molecule has 0 unspecified atom stereocenters. The van der Waals surface area contributed by atoms with E-state index in [1.807, 2.05) is 0 Å². The second-order valence-corrected chi connectivity index (χ2v) is 5.90. The molecule has 2 aromatic carbocycles. The van der Waals surface area contributed by atoms with Crippen LogP contribution in [0.1, 0.15) is 12.5 Å². The van der Waals surface area contributed by atoms with E-state index < -0.39 is 28.7 Å². The lowest BCUT2D eigenvalue weighted by molar-refractivity contribution is -0.385. The number of fused-ring (bicyclic) bond motifs is 1. The van der Waals surface area contributed by atoms with Gasteiger partial charge in [0, 0.05) is 6.08 Å². The third-order valence-corrected chi connectivity index (χ3v) is 3.91. The van der Waals surface area contributed by atoms with Crippen LogP contribution in [0.15, 0.2) is 42.5 Å². The van der Waals surface area contributed by atoms with Gasteiger partial charge in [0.25, 0.3) is 11.6 Å². The Morgan fingerprint density at radius 1 is 1.28 bits per heavy atom. The first-order valence-corrected chi connectivity index (χ1v) is 8.37. The van der Waals surface area contributed by atoms with Gasteiger partial charge < -0.3 is 19.5 Å². The minimum absolute atomic E-state index is 0.0491. The third-order valence-electron chi connectivity index (χ3n) is 3.91. The minimum atomic E-state index is -1.22. The van der Waals surface area contributed by atoms with Crippen LogP contribution < -0.4 is 14.8 Å². The van der Waals surface area contributed by atoms with Crippen LogP contribution >= 0.6 is 0 Å². The summed E-state index contributed by atoms with van der Waals surface area (Å²) in [5, 5.41) is 13.5. The molecule has 1 aliphatic heterocycles. The predicted octanol–water partition coefficient (Wildman–Crippen LogP) is 3.05. The molecule has 10 heteroatoms. The molecule has 0 radical (unpaired) electrons. The van der Waals surface area contributed by atoms with Crippen molar-refractivity contribution in [3.63, 3.8) is 0 Å². The molecule has 0 saturated heterocycles. The molecule has 1 N–H and O–H groups in total. The van der Waals surface area contributed by atoms with Crippen molar-refractivity contribution in [3.05, 3.63) is 64.0 Å². The van der Waals surface area contributed by atoms with E-state index in [4.69, 9.17) is 14.2 Å². The number of esters is 1. The van der Waals surface area contributed by atoms with Crippen molar-refractivity contribution < 1.29 is 33.1 Å². The van der Waals surface area contributed by atoms with Crippen molar-refractivity contribution >= 4 is 29.3 Å². The number of para-hydroxylation sites is 1. The molecule has 150 valence electrons. The van der Waals surface area contributed by atoms with Gasteiger partial charge in [-0.25, -0.2) is 9.18 Å². The van der Waals surface area contributed by atoms with Gasteiger partial charge in [-0.05, 0) is 31.2 Å². The van der Waals surface area contributed by atoms with Crippen LogP contribution in [-0.2, 0) is 14.3 Å². The molecule has 1 heterocycles. The molecule has 1 aliphatic rings. The second kappa shape index (κ2) is 8.38. The number of nitrogens with zero attached hydrogens (tertiary/aromatic N) is 1. The van der Waals surface area contributed by atoms with E-state index in [-0.39, 0.29) is 29.5 Å². The van der Waals surface area contributed by atoms with Crippen LogP contribution in [0.5, 0.6) is 11.5 Å². The largest absolute Gasteiger partial charge is 0.454 e. The monoisotopic (exact) mass is 402 g/mol. The Hall–Kier alpha value is -3.95. The number of rotatable bonds is 6. The molecular weight excluding hydrogens is 387 g/mol. The summed E-state index contributed by atoms with van der Waals surface area (Å²) in [6, 6.07) is 8.09. The first kappa shape index (κ1) is 19.8. The van der Waals surface area contributed by atoms with Gasteiger partial charge in [0.05, 0.1) is 22.2 Å². The highest BCUT2D eigenvalue weighted by Gasteiger charge is 2.23. The maximum absolute atomic E-state index is 13.6. The summed E-state index contributed by atoms with van der Waals surface area (Å²) >= 11 is 0. The molecule has 9 nitrogen and oxygen atoms in total. The van der Waals surface area contributed by atoms with Gasteiger partial charge in [-0.3, -0.25) is 14.9 Å². The van der Waals surface area contributed by atoms with Crippen molar-refractivity contribution in [3.8, 4) is 11.5 Å². The van der Waals surface area contributed by atoms with E-state index in [0.717, 1.165) is 6.08 Å². The van der Waals surface area contributed by atoms with Crippen LogP contribution in [0.3, 0.4) is 0 Å². The number of amides is 1. The second-order valence-electron chi connectivity index (χ2n) is 5.90. The van der Waals surface area contributed by atoms with Gasteiger partial charge in [-0.2, -0.15) is 0 Å². The third kappa shape index (κ3) is 4.67. The molecule has 0 aliphatic carbocycles. The van der Waals surface area contributed by atoms with E-state index in [0.29, 0.717) is 5.75 Å². The smallest absolute Gasteiger partial charge is 0.331 e. The highest BCUT2D eigenvalue weighted by atomic mass is 19.1. The zero-order valence-corrected chi connectivity index (χ0v) is 15.1. The van der Waals surface area contributed by atoms with Gasteiger partial charge >= 0.3 is 5.97 Å². The molecule has 0 bridgehead atoms. The first-order valence-electron chi connectivity index (χ1n) is 8.37. The Bertz CT molecular complexity index is 1010. The van der Waals surface area contributed by atoms with Crippen molar-refractivity contribution in [1.29, 1.82) is 0 Å². The Labute approximate surface area is 163 Å². The Morgan fingerprint density at radius 3 is 2.66 bits per heavy atom. The topological polar surface area (TPSA) is 117 Å². The van der Waals surface area contributed by atoms with Crippen LogP contribution in [0.25, 0.3) is 6.08 Å².